The van der Waals surface area contributed by atoms with Gasteiger partial charge in [0.05, 0.1) is 11.9 Å². The average molecular weight is 363 g/mol. The topological polar surface area (TPSA) is 112 Å². The molecule has 3 N–H and O–H groups in total. The smallest absolute Gasteiger partial charge is 0.223 e. The first-order valence-electron chi connectivity index (χ1n) is 8.60. The molecule has 0 aliphatic heterocycles. The highest BCUT2D eigenvalue weighted by Gasteiger charge is 2.22. The fraction of sp³-hybridized carbons (Fsp3) is 0.263. The number of aromatic nitrogens is 3. The number of para-hydroxylation sites is 1. The minimum atomic E-state index is 0.0520. The van der Waals surface area contributed by atoms with Crippen LogP contribution in [0.5, 0.6) is 0 Å². The molecule has 1 aromatic carbocycles. The van der Waals surface area contributed by atoms with Crippen LogP contribution in [0.2, 0.25) is 0 Å². The van der Waals surface area contributed by atoms with Gasteiger partial charge in [-0.05, 0) is 25.0 Å². The number of imidazole rings is 1. The van der Waals surface area contributed by atoms with Crippen molar-refractivity contribution in [2.24, 2.45) is 0 Å². The number of carbonyl (C=O) groups is 1. The number of carbonyl (C=O) groups excluding carboxylic acids is 1. The number of nitrogens with two attached hydrogens (primary N) is 1. The van der Waals surface area contributed by atoms with E-state index in [0.717, 1.165) is 11.4 Å². The molecular weight excluding hydrogens is 342 g/mol. The summed E-state index contributed by atoms with van der Waals surface area (Å²) in [5.74, 6) is 0.432. The molecule has 8 heteroatoms. The summed E-state index contributed by atoms with van der Waals surface area (Å²) in [6.45, 7) is 1.55. The maximum Gasteiger partial charge on any atom is 0.223 e. The number of rotatable bonds is 3. The van der Waals surface area contributed by atoms with Crippen LogP contribution in [0.15, 0.2) is 42.6 Å². The molecule has 0 spiro atoms. The van der Waals surface area contributed by atoms with Gasteiger partial charge in [0, 0.05) is 31.8 Å². The van der Waals surface area contributed by atoms with E-state index in [-0.39, 0.29) is 5.91 Å². The fourth-order valence-electron chi connectivity index (χ4n) is 2.45. The van der Waals surface area contributed by atoms with Gasteiger partial charge in [-0.15, -0.1) is 5.10 Å². The van der Waals surface area contributed by atoms with Crippen molar-refractivity contribution < 1.29 is 4.79 Å². The Morgan fingerprint density at radius 2 is 2.07 bits per heavy atom. The van der Waals surface area contributed by atoms with Gasteiger partial charge in [0.1, 0.15) is 11.9 Å². The second-order valence-corrected chi connectivity index (χ2v) is 6.31. The third kappa shape index (κ3) is 4.33. The number of fused-ring (bicyclic) bond motifs is 1. The lowest BCUT2D eigenvalue weighted by Crippen LogP contribution is -2.22. The molecule has 0 saturated heterocycles. The van der Waals surface area contributed by atoms with Gasteiger partial charge in [0.15, 0.2) is 11.3 Å². The second-order valence-electron chi connectivity index (χ2n) is 6.31. The molecule has 2 aromatic heterocycles. The fourth-order valence-corrected chi connectivity index (χ4v) is 2.45. The van der Waals surface area contributed by atoms with Crippen LogP contribution < -0.4 is 16.0 Å². The van der Waals surface area contributed by atoms with Crippen LogP contribution in [0.25, 0.3) is 5.65 Å². The van der Waals surface area contributed by atoms with E-state index >= 15 is 0 Å². The summed E-state index contributed by atoms with van der Waals surface area (Å²) >= 11 is 0. The Balaban J connectivity index is 0.000000168. The lowest BCUT2D eigenvalue weighted by Gasteiger charge is -2.13. The quantitative estimate of drug-likeness (QED) is 0.739. The zero-order valence-corrected chi connectivity index (χ0v) is 15.3. The lowest BCUT2D eigenvalue weighted by atomic mass is 10.3. The molecule has 2 heterocycles. The first-order valence-corrected chi connectivity index (χ1v) is 8.60. The Kier molecular flexibility index (Phi) is 5.22. The number of nitriles is 1. The van der Waals surface area contributed by atoms with Gasteiger partial charge in [-0.3, -0.25) is 4.79 Å². The van der Waals surface area contributed by atoms with Gasteiger partial charge in [-0.1, -0.05) is 18.2 Å². The number of benzene rings is 1. The average Bonchev–Trinajstić information content (AvgIpc) is 3.39. The van der Waals surface area contributed by atoms with E-state index in [4.69, 9.17) is 11.0 Å². The van der Waals surface area contributed by atoms with Crippen molar-refractivity contribution in [3.05, 3.63) is 48.3 Å². The summed E-state index contributed by atoms with van der Waals surface area (Å²) in [5, 5.41) is 16.3. The standard InChI is InChI=1S/C10H10N6.C9H11NO/c11-4-7-5-13-10-8(14-6-1-2-6)3-9(12)15-16(7)10;1-8(11)10(2)9-6-4-3-5-7-9/h3,5-6,14H,1-2H2,(H2,12,15);3-7H,1-2H3. The van der Waals surface area contributed by atoms with E-state index in [0.29, 0.717) is 23.2 Å². The minimum absolute atomic E-state index is 0.0520. The molecular formula is C19H21N7O. The highest BCUT2D eigenvalue weighted by Crippen LogP contribution is 2.27. The van der Waals surface area contributed by atoms with E-state index in [2.05, 4.69) is 15.4 Å². The summed E-state index contributed by atoms with van der Waals surface area (Å²) in [4.78, 5) is 16.7. The van der Waals surface area contributed by atoms with Crippen molar-refractivity contribution in [2.45, 2.75) is 25.8 Å². The minimum Gasteiger partial charge on any atom is -0.382 e. The van der Waals surface area contributed by atoms with Crippen LogP contribution in [0.3, 0.4) is 0 Å². The number of nitrogens with zero attached hydrogens (tertiary/aromatic N) is 5. The predicted molar refractivity (Wildman–Crippen MR) is 104 cm³/mol. The van der Waals surface area contributed by atoms with Crippen molar-refractivity contribution in [2.75, 3.05) is 23.0 Å². The van der Waals surface area contributed by atoms with Gasteiger partial charge in [0.25, 0.3) is 0 Å². The molecule has 3 aromatic rings. The highest BCUT2D eigenvalue weighted by molar-refractivity contribution is 5.90. The number of anilines is 3. The van der Waals surface area contributed by atoms with Crippen LogP contribution >= 0.6 is 0 Å². The number of nitrogen functional groups attached to an aromatic ring is 1. The van der Waals surface area contributed by atoms with Crippen LogP contribution in [-0.2, 0) is 4.79 Å². The Morgan fingerprint density at radius 3 is 2.67 bits per heavy atom. The lowest BCUT2D eigenvalue weighted by molar-refractivity contribution is -0.116. The van der Waals surface area contributed by atoms with Gasteiger partial charge in [-0.2, -0.15) is 9.78 Å². The van der Waals surface area contributed by atoms with Crippen molar-refractivity contribution in [3.8, 4) is 6.07 Å². The number of amides is 1. The summed E-state index contributed by atoms with van der Waals surface area (Å²) in [6.07, 6.45) is 3.83. The van der Waals surface area contributed by atoms with E-state index < -0.39 is 0 Å². The van der Waals surface area contributed by atoms with E-state index in [1.54, 1.807) is 24.9 Å². The normalized spacial score (nSPS) is 12.6. The molecule has 1 fully saturated rings. The van der Waals surface area contributed by atoms with Crippen LogP contribution in [0.4, 0.5) is 17.2 Å². The van der Waals surface area contributed by atoms with E-state index in [1.807, 2.05) is 36.4 Å². The highest BCUT2D eigenvalue weighted by atomic mass is 16.2. The van der Waals surface area contributed by atoms with Gasteiger partial charge in [-0.25, -0.2) is 4.98 Å². The van der Waals surface area contributed by atoms with Crippen molar-refractivity contribution in [1.82, 2.24) is 14.6 Å². The Hall–Kier alpha value is -3.60. The molecule has 1 amide bonds. The number of hydrogen-bond donors (Lipinski definition) is 2. The summed E-state index contributed by atoms with van der Waals surface area (Å²) < 4.78 is 1.47. The predicted octanol–water partition coefficient (Wildman–Crippen LogP) is 2.43. The van der Waals surface area contributed by atoms with Gasteiger partial charge in [0.2, 0.25) is 5.91 Å². The van der Waals surface area contributed by atoms with Crippen molar-refractivity contribution >= 4 is 28.7 Å². The maximum absolute atomic E-state index is 10.9. The molecule has 0 radical (unpaired) electrons. The van der Waals surface area contributed by atoms with Crippen LogP contribution in [0, 0.1) is 11.3 Å². The van der Waals surface area contributed by atoms with Gasteiger partial charge >= 0.3 is 0 Å². The third-order valence-corrected chi connectivity index (χ3v) is 4.15. The third-order valence-electron chi connectivity index (χ3n) is 4.15. The molecule has 0 atom stereocenters. The number of nitrogens with one attached hydrogen (secondary N) is 1. The monoisotopic (exact) mass is 363 g/mol. The molecule has 1 saturated carbocycles. The SMILES string of the molecule is CC(=O)N(C)c1ccccc1.N#Cc1cnc2c(NC3CC3)cc(N)nn12. The maximum atomic E-state index is 10.9. The molecule has 1 aliphatic rings. The van der Waals surface area contributed by atoms with E-state index in [1.165, 1.54) is 23.6 Å². The molecule has 1 aliphatic carbocycles. The molecule has 8 nitrogen and oxygen atoms in total. The van der Waals surface area contributed by atoms with E-state index in [9.17, 15) is 4.79 Å². The van der Waals surface area contributed by atoms with Crippen LogP contribution in [0.1, 0.15) is 25.5 Å². The summed E-state index contributed by atoms with van der Waals surface area (Å²) in [6, 6.07) is 13.8. The molecule has 0 bridgehead atoms. The van der Waals surface area contributed by atoms with Crippen LogP contribution in [-0.4, -0.2) is 33.6 Å². The second kappa shape index (κ2) is 7.74. The molecule has 4 rings (SSSR count). The largest absolute Gasteiger partial charge is 0.382 e. The zero-order chi connectivity index (χ0) is 19.4. The summed E-state index contributed by atoms with van der Waals surface area (Å²) in [5.41, 5.74) is 8.51. The summed E-state index contributed by atoms with van der Waals surface area (Å²) in [7, 11) is 1.76. The number of hydrogen-bond acceptors (Lipinski definition) is 6. The molecule has 138 valence electrons. The zero-order valence-electron chi connectivity index (χ0n) is 15.3. The first kappa shape index (κ1) is 18.2. The van der Waals surface area contributed by atoms with Crippen molar-refractivity contribution in [3.63, 3.8) is 0 Å². The first-order chi connectivity index (χ1) is 13.0. The van der Waals surface area contributed by atoms with Crippen molar-refractivity contribution in [1.29, 1.82) is 5.26 Å². The molecule has 27 heavy (non-hydrogen) atoms. The Labute approximate surface area is 157 Å². The Bertz CT molecular complexity index is 986. The van der Waals surface area contributed by atoms with Gasteiger partial charge < -0.3 is 16.0 Å². The molecule has 0 unspecified atom stereocenters. The Morgan fingerprint density at radius 1 is 1.37 bits per heavy atom.